The summed E-state index contributed by atoms with van der Waals surface area (Å²) in [6.07, 6.45) is 0.449. The van der Waals surface area contributed by atoms with E-state index >= 15 is 0 Å². The van der Waals surface area contributed by atoms with E-state index in [0.717, 1.165) is 16.2 Å². The topological polar surface area (TPSA) is 93.2 Å². The molecule has 0 aliphatic carbocycles. The van der Waals surface area contributed by atoms with Crippen LogP contribution in [-0.4, -0.2) is 67.5 Å². The van der Waals surface area contributed by atoms with Gasteiger partial charge in [-0.3, -0.25) is 14.5 Å². The average Bonchev–Trinajstić information content (AvgIpc) is 3.10. The zero-order valence-corrected chi connectivity index (χ0v) is 24.2. The van der Waals surface area contributed by atoms with Crippen molar-refractivity contribution in [3.8, 4) is 0 Å². The van der Waals surface area contributed by atoms with Gasteiger partial charge in [0, 0.05) is 39.5 Å². The fraction of sp³-hybridized carbons (Fsp3) is 0.407. The molecule has 1 aliphatic rings. The highest BCUT2D eigenvalue weighted by atomic mass is 32.2. The minimum absolute atomic E-state index is 0.0221. The SMILES string of the molecule is CCO[Si](C)(CCCN1C(=O)C(c2ccc(N(C)C)cc2)=C(S(=O)(=O)c2ccc(C)cc2)C1=O)OCC. The van der Waals surface area contributed by atoms with Gasteiger partial charge in [0.05, 0.1) is 10.5 Å². The maximum atomic E-state index is 13.7. The summed E-state index contributed by atoms with van der Waals surface area (Å²) >= 11 is 0. The Kier molecular flexibility index (Phi) is 9.12. The lowest BCUT2D eigenvalue weighted by molar-refractivity contribution is -0.136. The number of carbonyl (C=O) groups excluding carboxylic acids is 2. The molecule has 0 unspecified atom stereocenters. The van der Waals surface area contributed by atoms with E-state index in [0.29, 0.717) is 31.2 Å². The molecular formula is C27H36N2O6SSi. The minimum Gasteiger partial charge on any atom is -0.395 e. The van der Waals surface area contributed by atoms with Crippen molar-refractivity contribution in [3.63, 3.8) is 0 Å². The number of sulfone groups is 1. The first-order chi connectivity index (χ1) is 17.4. The summed E-state index contributed by atoms with van der Waals surface area (Å²) in [7, 11) is -2.94. The van der Waals surface area contributed by atoms with Crippen LogP contribution in [0.3, 0.4) is 0 Å². The molecule has 37 heavy (non-hydrogen) atoms. The summed E-state index contributed by atoms with van der Waals surface area (Å²) in [6.45, 7) is 8.70. The van der Waals surface area contributed by atoms with Crippen LogP contribution in [0.25, 0.3) is 5.57 Å². The first kappa shape index (κ1) is 28.8. The van der Waals surface area contributed by atoms with E-state index in [1.807, 2.05) is 46.3 Å². The monoisotopic (exact) mass is 544 g/mol. The van der Waals surface area contributed by atoms with Gasteiger partial charge in [-0.15, -0.1) is 0 Å². The van der Waals surface area contributed by atoms with Crippen molar-refractivity contribution in [2.24, 2.45) is 0 Å². The first-order valence-corrected chi connectivity index (χ1v) is 16.4. The highest BCUT2D eigenvalue weighted by Gasteiger charge is 2.45. The summed E-state index contributed by atoms with van der Waals surface area (Å²) in [5.74, 6) is -1.40. The van der Waals surface area contributed by atoms with E-state index in [-0.39, 0.29) is 17.0 Å². The third-order valence-corrected chi connectivity index (χ3v) is 11.2. The summed E-state index contributed by atoms with van der Waals surface area (Å²) in [6, 6.07) is 13.8. The smallest absolute Gasteiger partial charge is 0.334 e. The maximum Gasteiger partial charge on any atom is 0.334 e. The molecule has 3 rings (SSSR count). The van der Waals surface area contributed by atoms with Gasteiger partial charge >= 0.3 is 8.56 Å². The van der Waals surface area contributed by atoms with Gasteiger partial charge in [0.1, 0.15) is 0 Å². The van der Waals surface area contributed by atoms with Gasteiger partial charge in [0.15, 0.2) is 4.91 Å². The van der Waals surface area contributed by atoms with E-state index in [1.165, 1.54) is 12.1 Å². The van der Waals surface area contributed by atoms with Crippen molar-refractivity contribution in [1.29, 1.82) is 0 Å². The Morgan fingerprint density at radius 1 is 0.892 bits per heavy atom. The van der Waals surface area contributed by atoms with Crippen LogP contribution in [-0.2, 0) is 28.3 Å². The van der Waals surface area contributed by atoms with Crippen LogP contribution in [0, 0.1) is 6.92 Å². The highest BCUT2D eigenvalue weighted by Crippen LogP contribution is 2.36. The number of hydrogen-bond donors (Lipinski definition) is 0. The fourth-order valence-corrected chi connectivity index (χ4v) is 8.31. The van der Waals surface area contributed by atoms with Gasteiger partial charge in [-0.2, -0.15) is 0 Å². The van der Waals surface area contributed by atoms with E-state index < -0.39 is 35.1 Å². The second-order valence-electron chi connectivity index (χ2n) is 9.33. The van der Waals surface area contributed by atoms with E-state index in [4.69, 9.17) is 8.85 Å². The van der Waals surface area contributed by atoms with Crippen LogP contribution in [0.1, 0.15) is 31.4 Å². The van der Waals surface area contributed by atoms with Crippen molar-refractivity contribution >= 4 is 41.5 Å². The van der Waals surface area contributed by atoms with Gasteiger partial charge in [0.2, 0.25) is 9.84 Å². The van der Waals surface area contributed by atoms with Crippen molar-refractivity contribution in [2.75, 3.05) is 38.8 Å². The number of hydrogen-bond acceptors (Lipinski definition) is 7. The predicted molar refractivity (Wildman–Crippen MR) is 147 cm³/mol. The molecule has 200 valence electrons. The molecule has 2 amide bonds. The largest absolute Gasteiger partial charge is 0.395 e. The summed E-state index contributed by atoms with van der Waals surface area (Å²) in [4.78, 5) is 29.6. The molecule has 2 aromatic rings. The molecule has 8 nitrogen and oxygen atoms in total. The van der Waals surface area contributed by atoms with E-state index in [1.54, 1.807) is 36.4 Å². The summed E-state index contributed by atoms with van der Waals surface area (Å²) in [5, 5.41) is 0. The third kappa shape index (κ3) is 6.20. The van der Waals surface area contributed by atoms with E-state index in [2.05, 4.69) is 0 Å². The van der Waals surface area contributed by atoms with Gasteiger partial charge in [-0.1, -0.05) is 29.8 Å². The van der Waals surface area contributed by atoms with Crippen molar-refractivity contribution in [3.05, 3.63) is 64.6 Å². The van der Waals surface area contributed by atoms with Gasteiger partial charge in [-0.05, 0) is 69.6 Å². The zero-order valence-electron chi connectivity index (χ0n) is 22.4. The molecule has 0 N–H and O–H groups in total. The Balaban J connectivity index is 2.01. The number of amides is 2. The molecule has 2 aromatic carbocycles. The lowest BCUT2D eigenvalue weighted by Gasteiger charge is -2.26. The van der Waals surface area contributed by atoms with Crippen LogP contribution < -0.4 is 4.90 Å². The Bertz CT molecular complexity index is 1260. The maximum absolute atomic E-state index is 13.7. The molecule has 0 atom stereocenters. The molecule has 0 bridgehead atoms. The lowest BCUT2D eigenvalue weighted by Crippen LogP contribution is -2.40. The molecule has 1 aliphatic heterocycles. The molecule has 0 fully saturated rings. The molecule has 1 heterocycles. The van der Waals surface area contributed by atoms with Crippen molar-refractivity contribution < 1.29 is 26.9 Å². The molecule has 0 saturated heterocycles. The van der Waals surface area contributed by atoms with Gasteiger partial charge in [-0.25, -0.2) is 8.42 Å². The zero-order chi connectivity index (χ0) is 27.4. The van der Waals surface area contributed by atoms with Gasteiger partial charge in [0.25, 0.3) is 11.8 Å². The number of nitrogens with zero attached hydrogens (tertiary/aromatic N) is 2. The van der Waals surface area contributed by atoms with Crippen LogP contribution >= 0.6 is 0 Å². The number of benzene rings is 2. The molecule has 0 aromatic heterocycles. The highest BCUT2D eigenvalue weighted by molar-refractivity contribution is 7.96. The summed E-state index contributed by atoms with van der Waals surface area (Å²) < 4.78 is 39.2. The Morgan fingerprint density at radius 2 is 1.46 bits per heavy atom. The van der Waals surface area contributed by atoms with Crippen molar-refractivity contribution in [1.82, 2.24) is 4.90 Å². The second-order valence-corrected chi connectivity index (χ2v) is 14.6. The number of rotatable bonds is 12. The first-order valence-electron chi connectivity index (χ1n) is 12.4. The van der Waals surface area contributed by atoms with Crippen LogP contribution in [0.15, 0.2) is 58.3 Å². The summed E-state index contributed by atoms with van der Waals surface area (Å²) in [5.41, 5.74) is 2.07. The number of anilines is 1. The van der Waals surface area contributed by atoms with Crippen molar-refractivity contribution in [2.45, 2.75) is 44.7 Å². The lowest BCUT2D eigenvalue weighted by atomic mass is 10.1. The normalized spacial score (nSPS) is 14.6. The molecule has 0 saturated carbocycles. The minimum atomic E-state index is -4.25. The standard InChI is InChI=1S/C27H36N2O6SSi/c1-7-34-37(6,35-8-2)19-9-18-29-26(30)24(21-12-14-22(15-13-21)28(4)5)25(27(29)31)36(32,33)23-16-10-20(3)11-17-23/h10-17H,7-9,18-19H2,1-6H3. The van der Waals surface area contributed by atoms with Crippen LogP contribution in [0.2, 0.25) is 12.6 Å². The Hall–Kier alpha value is -2.79. The van der Waals surface area contributed by atoms with Crippen LogP contribution in [0.4, 0.5) is 5.69 Å². The Morgan fingerprint density at radius 3 is 1.97 bits per heavy atom. The third-order valence-electron chi connectivity index (χ3n) is 6.31. The predicted octanol–water partition coefficient (Wildman–Crippen LogP) is 4.15. The average molecular weight is 545 g/mol. The van der Waals surface area contributed by atoms with Crippen LogP contribution in [0.5, 0.6) is 0 Å². The molecule has 0 radical (unpaired) electrons. The second kappa shape index (κ2) is 11.7. The Labute approximate surface area is 221 Å². The number of aryl methyl sites for hydroxylation is 1. The fourth-order valence-electron chi connectivity index (χ4n) is 4.38. The quantitative estimate of drug-likeness (QED) is 0.293. The van der Waals surface area contributed by atoms with E-state index in [9.17, 15) is 18.0 Å². The molecular weight excluding hydrogens is 508 g/mol. The van der Waals surface area contributed by atoms with Gasteiger partial charge < -0.3 is 13.8 Å². The number of imide groups is 1. The molecule has 0 spiro atoms. The molecule has 10 heteroatoms. The number of carbonyl (C=O) groups is 2.